The Balaban J connectivity index is 1.61. The molecule has 3 heteroatoms. The zero-order valence-corrected chi connectivity index (χ0v) is 15.6. The van der Waals surface area contributed by atoms with Crippen LogP contribution in [0.5, 0.6) is 0 Å². The molecular formula is C26H17NO2. The van der Waals surface area contributed by atoms with Gasteiger partial charge in [0.25, 0.3) is 0 Å². The number of carbonyl (C=O) groups excluding carboxylic acids is 2. The van der Waals surface area contributed by atoms with Crippen molar-refractivity contribution in [1.82, 2.24) is 5.32 Å². The highest BCUT2D eigenvalue weighted by atomic mass is 16.2. The number of hydrogen-bond donors (Lipinski definition) is 1. The van der Waals surface area contributed by atoms with E-state index in [2.05, 4.69) is 53.8 Å². The Kier molecular flexibility index (Phi) is 2.73. The molecular weight excluding hydrogens is 358 g/mol. The van der Waals surface area contributed by atoms with E-state index in [9.17, 15) is 9.59 Å². The van der Waals surface area contributed by atoms with E-state index < -0.39 is 0 Å². The van der Waals surface area contributed by atoms with E-state index in [1.54, 1.807) is 0 Å². The molecule has 0 spiro atoms. The van der Waals surface area contributed by atoms with Crippen LogP contribution in [0.15, 0.2) is 72.8 Å². The lowest BCUT2D eigenvalue weighted by atomic mass is 9.54. The number of rotatable bonds is 0. The van der Waals surface area contributed by atoms with Crippen LogP contribution < -0.4 is 5.32 Å². The Bertz CT molecular complexity index is 1210. The first-order valence-electron chi connectivity index (χ1n) is 10.1. The summed E-state index contributed by atoms with van der Waals surface area (Å²) in [6, 6.07) is 25.6. The second-order valence-electron chi connectivity index (χ2n) is 8.52. The molecule has 1 fully saturated rings. The predicted molar refractivity (Wildman–Crippen MR) is 112 cm³/mol. The molecule has 2 bridgehead atoms. The molecule has 0 aromatic heterocycles. The largest absolute Gasteiger partial charge is 0.296 e. The van der Waals surface area contributed by atoms with E-state index in [0.717, 1.165) is 0 Å². The average Bonchev–Trinajstić information content (AvgIpc) is 3.05. The van der Waals surface area contributed by atoms with Gasteiger partial charge in [-0.25, -0.2) is 0 Å². The van der Waals surface area contributed by atoms with Crippen molar-refractivity contribution >= 4 is 33.4 Å². The van der Waals surface area contributed by atoms with Crippen molar-refractivity contribution in [3.8, 4) is 0 Å². The van der Waals surface area contributed by atoms with Gasteiger partial charge in [0.2, 0.25) is 11.8 Å². The van der Waals surface area contributed by atoms with E-state index >= 15 is 0 Å². The third-order valence-corrected chi connectivity index (χ3v) is 7.20. The van der Waals surface area contributed by atoms with Gasteiger partial charge in [-0.2, -0.15) is 0 Å². The molecule has 29 heavy (non-hydrogen) atoms. The summed E-state index contributed by atoms with van der Waals surface area (Å²) >= 11 is 0. The average molecular weight is 375 g/mol. The highest BCUT2D eigenvalue weighted by Crippen LogP contribution is 2.60. The molecule has 2 unspecified atom stereocenters. The number of hydrogen-bond acceptors (Lipinski definition) is 2. The molecule has 0 saturated carbocycles. The summed E-state index contributed by atoms with van der Waals surface area (Å²) in [5.74, 6) is -1.00. The van der Waals surface area contributed by atoms with Gasteiger partial charge in [0.1, 0.15) is 0 Å². The van der Waals surface area contributed by atoms with Crippen molar-refractivity contribution in [3.05, 3.63) is 95.1 Å². The van der Waals surface area contributed by atoms with Crippen molar-refractivity contribution < 1.29 is 9.59 Å². The number of benzene rings is 4. The first-order valence-corrected chi connectivity index (χ1v) is 10.1. The number of nitrogens with one attached hydrogen (secondary N) is 1. The van der Waals surface area contributed by atoms with E-state index in [4.69, 9.17) is 0 Å². The molecule has 1 aliphatic heterocycles. The lowest BCUT2D eigenvalue weighted by Crippen LogP contribution is -2.41. The molecule has 1 saturated heterocycles. The molecule has 4 aliphatic rings. The third kappa shape index (κ3) is 1.83. The Morgan fingerprint density at radius 3 is 1.14 bits per heavy atom. The Labute approximate surface area is 167 Å². The van der Waals surface area contributed by atoms with Gasteiger partial charge in [-0.05, 0) is 43.8 Å². The van der Waals surface area contributed by atoms with Crippen LogP contribution in [0.1, 0.15) is 34.1 Å². The number of fused-ring (bicyclic) bond motifs is 2. The van der Waals surface area contributed by atoms with Gasteiger partial charge in [0, 0.05) is 11.8 Å². The van der Waals surface area contributed by atoms with Crippen LogP contribution in [0.3, 0.4) is 0 Å². The van der Waals surface area contributed by atoms with Gasteiger partial charge in [0.05, 0.1) is 11.8 Å². The lowest BCUT2D eigenvalue weighted by Gasteiger charge is -2.46. The Morgan fingerprint density at radius 2 is 0.828 bits per heavy atom. The van der Waals surface area contributed by atoms with Crippen LogP contribution in [0.4, 0.5) is 0 Å². The maximum Gasteiger partial charge on any atom is 0.231 e. The van der Waals surface area contributed by atoms with Crippen molar-refractivity contribution in [1.29, 1.82) is 0 Å². The fraction of sp³-hybridized carbons (Fsp3) is 0.154. The van der Waals surface area contributed by atoms with E-state index in [-0.39, 0.29) is 35.5 Å². The van der Waals surface area contributed by atoms with E-state index in [1.807, 2.05) is 24.3 Å². The second kappa shape index (κ2) is 5.12. The molecule has 4 aromatic rings. The summed E-state index contributed by atoms with van der Waals surface area (Å²) < 4.78 is 0. The Hall–Kier alpha value is -3.46. The van der Waals surface area contributed by atoms with Gasteiger partial charge in [-0.3, -0.25) is 14.9 Å². The van der Waals surface area contributed by atoms with Crippen LogP contribution >= 0.6 is 0 Å². The molecule has 2 atom stereocenters. The van der Waals surface area contributed by atoms with Crippen LogP contribution in [0.2, 0.25) is 0 Å². The minimum atomic E-state index is -0.310. The molecule has 0 radical (unpaired) electrons. The topological polar surface area (TPSA) is 46.2 Å². The minimum absolute atomic E-state index is 0.0735. The molecule has 2 amide bonds. The lowest BCUT2D eigenvalue weighted by molar-refractivity contribution is -0.126. The van der Waals surface area contributed by atoms with Crippen LogP contribution in [-0.4, -0.2) is 11.8 Å². The van der Waals surface area contributed by atoms with Crippen LogP contribution in [0.25, 0.3) is 21.5 Å². The summed E-state index contributed by atoms with van der Waals surface area (Å²) in [5, 5.41) is 7.37. The highest BCUT2D eigenvalue weighted by molar-refractivity contribution is 6.08. The minimum Gasteiger partial charge on any atom is -0.296 e. The summed E-state index contributed by atoms with van der Waals surface area (Å²) in [5.41, 5.74) is 4.84. The fourth-order valence-corrected chi connectivity index (χ4v) is 6.07. The molecule has 8 rings (SSSR count). The first kappa shape index (κ1) is 15.5. The quantitative estimate of drug-likeness (QED) is 0.461. The molecule has 1 heterocycles. The molecule has 3 aliphatic carbocycles. The van der Waals surface area contributed by atoms with Gasteiger partial charge >= 0.3 is 0 Å². The summed E-state index contributed by atoms with van der Waals surface area (Å²) in [7, 11) is 0. The van der Waals surface area contributed by atoms with Crippen molar-refractivity contribution in [3.63, 3.8) is 0 Å². The molecule has 4 aromatic carbocycles. The summed E-state index contributed by atoms with van der Waals surface area (Å²) in [6.07, 6.45) is 0. The van der Waals surface area contributed by atoms with E-state index in [0.29, 0.717) is 0 Å². The van der Waals surface area contributed by atoms with Crippen LogP contribution in [0, 0.1) is 11.8 Å². The van der Waals surface area contributed by atoms with E-state index in [1.165, 1.54) is 43.8 Å². The fourth-order valence-electron chi connectivity index (χ4n) is 6.07. The molecule has 3 nitrogen and oxygen atoms in total. The summed E-state index contributed by atoms with van der Waals surface area (Å²) in [4.78, 5) is 25.6. The predicted octanol–water partition coefficient (Wildman–Crippen LogP) is 4.47. The number of imide groups is 1. The first-order chi connectivity index (χ1) is 14.2. The van der Waals surface area contributed by atoms with Crippen molar-refractivity contribution in [2.45, 2.75) is 11.8 Å². The Morgan fingerprint density at radius 1 is 0.517 bits per heavy atom. The van der Waals surface area contributed by atoms with Gasteiger partial charge in [-0.15, -0.1) is 0 Å². The number of amides is 2. The zero-order chi connectivity index (χ0) is 19.3. The smallest absolute Gasteiger partial charge is 0.231 e. The normalized spacial score (nSPS) is 26.3. The number of carbonyl (C=O) groups is 2. The monoisotopic (exact) mass is 375 g/mol. The van der Waals surface area contributed by atoms with Gasteiger partial charge < -0.3 is 0 Å². The highest BCUT2D eigenvalue weighted by Gasteiger charge is 2.58. The SMILES string of the molecule is O=C1NC(=O)C2C3c4cc5ccccc5cc4C(c4cc5ccccc5cc43)C12. The van der Waals surface area contributed by atoms with Crippen LogP contribution in [-0.2, 0) is 9.59 Å². The van der Waals surface area contributed by atoms with Gasteiger partial charge in [-0.1, -0.05) is 72.8 Å². The molecule has 138 valence electrons. The van der Waals surface area contributed by atoms with Crippen molar-refractivity contribution in [2.24, 2.45) is 11.8 Å². The standard InChI is InChI=1S/C26H17NO2/c28-25-23-21-17-9-13-5-1-2-6-14(13)10-18(17)22(24(23)26(29)27-25)20-12-16-8-4-3-7-15(16)11-19(20)21/h1-12,21-24H,(H,27,28,29). The maximum atomic E-state index is 12.8. The third-order valence-electron chi connectivity index (χ3n) is 7.20. The second-order valence-corrected chi connectivity index (χ2v) is 8.52. The molecule has 1 N–H and O–H groups in total. The zero-order valence-electron chi connectivity index (χ0n) is 15.6. The maximum absolute atomic E-state index is 12.8. The van der Waals surface area contributed by atoms with Crippen molar-refractivity contribution in [2.75, 3.05) is 0 Å². The summed E-state index contributed by atoms with van der Waals surface area (Å²) in [6.45, 7) is 0. The van der Waals surface area contributed by atoms with Gasteiger partial charge in [0.15, 0.2) is 0 Å².